The lowest BCUT2D eigenvalue weighted by atomic mass is 9.67. The lowest BCUT2D eigenvalue weighted by Crippen LogP contribution is -2.26. The quantitative estimate of drug-likeness (QED) is 0.440. The van der Waals surface area contributed by atoms with Gasteiger partial charge in [-0.15, -0.1) is 0 Å². The minimum absolute atomic E-state index is 0.181. The van der Waals surface area contributed by atoms with E-state index in [9.17, 15) is 13.2 Å². The molecule has 0 atom stereocenters. The maximum atomic E-state index is 13.6. The van der Waals surface area contributed by atoms with Gasteiger partial charge in [0.1, 0.15) is 0 Å². The second-order valence-electron chi connectivity index (χ2n) is 10.6. The molecular weight excluding hydrogens is 369 g/mol. The number of halogens is 3. The fraction of sp³-hybridized carbons (Fsp3) is 0.769. The molecule has 0 aromatic heterocycles. The second kappa shape index (κ2) is 9.43. The number of rotatable bonds is 4. The highest BCUT2D eigenvalue weighted by Crippen LogP contribution is 2.45. The third kappa shape index (κ3) is 5.20. The van der Waals surface area contributed by atoms with E-state index in [1.807, 2.05) is 0 Å². The average molecular weight is 407 g/mol. The van der Waals surface area contributed by atoms with Crippen LogP contribution < -0.4 is 0 Å². The van der Waals surface area contributed by atoms with Gasteiger partial charge in [-0.1, -0.05) is 45.4 Å². The van der Waals surface area contributed by atoms with Crippen LogP contribution in [0.15, 0.2) is 12.1 Å². The SMILES string of the molecule is CC1CCC(CC2CCC(C3CCC(c4cc(F)c(F)c(F)c4)CC3)CC2)CC1. The summed E-state index contributed by atoms with van der Waals surface area (Å²) < 4.78 is 40.4. The topological polar surface area (TPSA) is 0 Å². The van der Waals surface area contributed by atoms with Crippen molar-refractivity contribution in [2.75, 3.05) is 0 Å². The molecule has 1 aromatic rings. The predicted octanol–water partition coefficient (Wildman–Crippen LogP) is 8.40. The third-order valence-electron chi connectivity index (χ3n) is 8.61. The van der Waals surface area contributed by atoms with Crippen LogP contribution in [-0.4, -0.2) is 0 Å². The molecule has 0 unspecified atom stereocenters. The molecule has 0 heterocycles. The molecule has 4 rings (SSSR count). The molecule has 0 nitrogen and oxygen atoms in total. The van der Waals surface area contributed by atoms with E-state index in [4.69, 9.17) is 0 Å². The van der Waals surface area contributed by atoms with Gasteiger partial charge in [0.25, 0.3) is 0 Å². The van der Waals surface area contributed by atoms with Crippen molar-refractivity contribution in [3.8, 4) is 0 Å². The van der Waals surface area contributed by atoms with E-state index in [1.54, 1.807) is 0 Å². The van der Waals surface area contributed by atoms with Gasteiger partial charge in [-0.05, 0) is 98.1 Å². The Hall–Kier alpha value is -0.990. The van der Waals surface area contributed by atoms with Crippen LogP contribution in [0.3, 0.4) is 0 Å². The Bertz CT molecular complexity index is 638. The first-order chi connectivity index (χ1) is 14.0. The Morgan fingerprint density at radius 2 is 1.10 bits per heavy atom. The zero-order chi connectivity index (χ0) is 20.4. The van der Waals surface area contributed by atoms with Crippen LogP contribution in [0, 0.1) is 47.0 Å². The highest BCUT2D eigenvalue weighted by Gasteiger charge is 2.32. The van der Waals surface area contributed by atoms with E-state index in [2.05, 4.69) is 6.92 Å². The van der Waals surface area contributed by atoms with Crippen molar-refractivity contribution in [3.63, 3.8) is 0 Å². The lowest BCUT2D eigenvalue weighted by Gasteiger charge is -2.39. The van der Waals surface area contributed by atoms with Gasteiger partial charge in [-0.25, -0.2) is 13.2 Å². The van der Waals surface area contributed by atoms with Gasteiger partial charge < -0.3 is 0 Å². The van der Waals surface area contributed by atoms with Crippen molar-refractivity contribution >= 4 is 0 Å². The van der Waals surface area contributed by atoms with Gasteiger partial charge >= 0.3 is 0 Å². The summed E-state index contributed by atoms with van der Waals surface area (Å²) in [6, 6.07) is 2.42. The van der Waals surface area contributed by atoms with Gasteiger partial charge in [0.05, 0.1) is 0 Å². The predicted molar refractivity (Wildman–Crippen MR) is 112 cm³/mol. The largest absolute Gasteiger partial charge is 0.204 e. The highest BCUT2D eigenvalue weighted by molar-refractivity contribution is 5.23. The fourth-order valence-electron chi connectivity index (χ4n) is 6.67. The van der Waals surface area contributed by atoms with Crippen molar-refractivity contribution in [1.82, 2.24) is 0 Å². The zero-order valence-electron chi connectivity index (χ0n) is 17.9. The molecule has 29 heavy (non-hydrogen) atoms. The Labute approximate surface area is 174 Å². The molecule has 3 heteroatoms. The molecule has 0 spiro atoms. The molecular formula is C26H37F3. The Balaban J connectivity index is 1.22. The standard InChI is InChI=1S/C26H37F3/c1-17-2-4-18(5-3-17)14-19-6-8-20(9-7-19)21-10-12-22(13-11-21)23-15-24(27)26(29)25(28)16-23/h15-22H,2-14H2,1H3. The molecule has 0 aliphatic heterocycles. The van der Waals surface area contributed by atoms with E-state index in [0.29, 0.717) is 5.56 Å². The molecule has 0 saturated heterocycles. The molecule has 162 valence electrons. The second-order valence-corrected chi connectivity index (χ2v) is 10.6. The molecule has 0 N–H and O–H groups in total. The molecule has 0 radical (unpaired) electrons. The molecule has 0 bridgehead atoms. The summed E-state index contributed by atoms with van der Waals surface area (Å²) in [5, 5.41) is 0. The molecule has 1 aromatic carbocycles. The smallest absolute Gasteiger partial charge is 0.194 e. The van der Waals surface area contributed by atoms with E-state index in [1.165, 1.54) is 69.9 Å². The first kappa shape index (κ1) is 21.2. The van der Waals surface area contributed by atoms with Crippen LogP contribution >= 0.6 is 0 Å². The maximum absolute atomic E-state index is 13.6. The molecule has 3 aliphatic carbocycles. The summed E-state index contributed by atoms with van der Waals surface area (Å²) in [6.07, 6.45) is 17.1. The molecule has 3 saturated carbocycles. The van der Waals surface area contributed by atoms with Gasteiger partial charge in [-0.2, -0.15) is 0 Å². The van der Waals surface area contributed by atoms with Crippen molar-refractivity contribution < 1.29 is 13.2 Å². The summed E-state index contributed by atoms with van der Waals surface area (Å²) in [6.45, 7) is 2.40. The summed E-state index contributed by atoms with van der Waals surface area (Å²) in [4.78, 5) is 0. The van der Waals surface area contributed by atoms with Gasteiger partial charge in [0.2, 0.25) is 0 Å². The summed E-state index contributed by atoms with van der Waals surface area (Å²) >= 11 is 0. The van der Waals surface area contributed by atoms with E-state index >= 15 is 0 Å². The first-order valence-corrected chi connectivity index (χ1v) is 12.1. The van der Waals surface area contributed by atoms with Gasteiger partial charge in [0.15, 0.2) is 17.5 Å². The van der Waals surface area contributed by atoms with Crippen LogP contribution in [0.1, 0.15) is 102 Å². The van der Waals surface area contributed by atoms with Crippen LogP contribution in [-0.2, 0) is 0 Å². The maximum Gasteiger partial charge on any atom is 0.194 e. The Morgan fingerprint density at radius 1 is 0.655 bits per heavy atom. The van der Waals surface area contributed by atoms with Crippen LogP contribution in [0.25, 0.3) is 0 Å². The summed E-state index contributed by atoms with van der Waals surface area (Å²) in [5.41, 5.74) is 0.644. The average Bonchev–Trinajstić information content (AvgIpc) is 2.74. The normalized spacial score (nSPS) is 36.1. The first-order valence-electron chi connectivity index (χ1n) is 12.1. The highest BCUT2D eigenvalue weighted by atomic mass is 19.2. The molecule has 3 aliphatic rings. The van der Waals surface area contributed by atoms with Crippen molar-refractivity contribution in [2.45, 2.75) is 96.3 Å². The van der Waals surface area contributed by atoms with E-state index in [0.717, 1.165) is 55.3 Å². The number of benzene rings is 1. The molecule has 3 fully saturated rings. The number of hydrogen-bond acceptors (Lipinski definition) is 0. The van der Waals surface area contributed by atoms with Crippen molar-refractivity contribution in [1.29, 1.82) is 0 Å². The minimum atomic E-state index is -1.35. The van der Waals surface area contributed by atoms with Gasteiger partial charge in [0, 0.05) is 0 Å². The molecule has 0 amide bonds. The van der Waals surface area contributed by atoms with Crippen LogP contribution in [0.4, 0.5) is 13.2 Å². The van der Waals surface area contributed by atoms with E-state index in [-0.39, 0.29) is 5.92 Å². The van der Waals surface area contributed by atoms with E-state index < -0.39 is 17.5 Å². The Kier molecular flexibility index (Phi) is 6.91. The third-order valence-corrected chi connectivity index (χ3v) is 8.61. The van der Waals surface area contributed by atoms with Crippen molar-refractivity contribution in [2.24, 2.45) is 29.6 Å². The van der Waals surface area contributed by atoms with Crippen molar-refractivity contribution in [3.05, 3.63) is 35.1 Å². The monoisotopic (exact) mass is 406 g/mol. The summed E-state index contributed by atoms with van der Waals surface area (Å²) in [5.74, 6) is 1.24. The summed E-state index contributed by atoms with van der Waals surface area (Å²) in [7, 11) is 0. The van der Waals surface area contributed by atoms with Gasteiger partial charge in [-0.3, -0.25) is 0 Å². The fourth-order valence-corrected chi connectivity index (χ4v) is 6.67. The van der Waals surface area contributed by atoms with Crippen LogP contribution in [0.2, 0.25) is 0 Å². The Morgan fingerprint density at radius 3 is 1.62 bits per heavy atom. The van der Waals surface area contributed by atoms with Crippen LogP contribution in [0.5, 0.6) is 0 Å². The number of hydrogen-bond donors (Lipinski definition) is 0. The lowest BCUT2D eigenvalue weighted by molar-refractivity contribution is 0.140. The zero-order valence-corrected chi connectivity index (χ0v) is 17.9. The minimum Gasteiger partial charge on any atom is -0.204 e.